The van der Waals surface area contributed by atoms with E-state index >= 15 is 0 Å². The standard InChI is InChI=1S/C13H18FNO/c1-16-11-6-4-5-10(9-11)15-13-8-3-2-7-12(13)14/h2-3,7-8,10-11,15H,4-6,9H2,1H3. The second-order valence-electron chi connectivity index (χ2n) is 4.35. The van der Waals surface area contributed by atoms with Crippen LogP contribution in [0.5, 0.6) is 0 Å². The molecule has 1 fully saturated rings. The molecule has 0 heterocycles. The Morgan fingerprint density at radius 2 is 2.12 bits per heavy atom. The SMILES string of the molecule is COC1CCCC(Nc2ccccc2F)C1. The summed E-state index contributed by atoms with van der Waals surface area (Å²) in [7, 11) is 1.75. The van der Waals surface area contributed by atoms with Crippen LogP contribution in [0, 0.1) is 5.82 Å². The van der Waals surface area contributed by atoms with Crippen molar-refractivity contribution in [3.8, 4) is 0 Å². The van der Waals surface area contributed by atoms with Crippen molar-refractivity contribution in [2.75, 3.05) is 12.4 Å². The first kappa shape index (κ1) is 11.4. The van der Waals surface area contributed by atoms with Gasteiger partial charge in [0.05, 0.1) is 11.8 Å². The molecule has 1 saturated carbocycles. The van der Waals surface area contributed by atoms with Gasteiger partial charge in [-0.3, -0.25) is 0 Å². The number of nitrogens with one attached hydrogen (secondary N) is 1. The van der Waals surface area contributed by atoms with Crippen molar-refractivity contribution in [3.63, 3.8) is 0 Å². The zero-order valence-corrected chi connectivity index (χ0v) is 9.58. The summed E-state index contributed by atoms with van der Waals surface area (Å²) >= 11 is 0. The zero-order valence-electron chi connectivity index (χ0n) is 9.58. The zero-order chi connectivity index (χ0) is 11.4. The molecule has 1 aliphatic rings. The highest BCUT2D eigenvalue weighted by Crippen LogP contribution is 2.24. The van der Waals surface area contributed by atoms with Gasteiger partial charge in [-0.15, -0.1) is 0 Å². The molecule has 0 aromatic heterocycles. The van der Waals surface area contributed by atoms with E-state index in [0.717, 1.165) is 25.7 Å². The maximum Gasteiger partial charge on any atom is 0.146 e. The smallest absolute Gasteiger partial charge is 0.146 e. The highest BCUT2D eigenvalue weighted by Gasteiger charge is 2.21. The second kappa shape index (κ2) is 5.30. The molecule has 2 unspecified atom stereocenters. The van der Waals surface area contributed by atoms with Crippen LogP contribution in [0.15, 0.2) is 24.3 Å². The van der Waals surface area contributed by atoms with E-state index in [1.165, 1.54) is 6.07 Å². The van der Waals surface area contributed by atoms with E-state index in [1.807, 2.05) is 6.07 Å². The highest BCUT2D eigenvalue weighted by molar-refractivity contribution is 5.45. The first-order valence-electron chi connectivity index (χ1n) is 5.83. The monoisotopic (exact) mass is 223 g/mol. The third-order valence-electron chi connectivity index (χ3n) is 3.19. The molecule has 0 bridgehead atoms. The molecule has 16 heavy (non-hydrogen) atoms. The maximum atomic E-state index is 13.4. The third-order valence-corrected chi connectivity index (χ3v) is 3.19. The lowest BCUT2D eigenvalue weighted by molar-refractivity contribution is 0.0669. The van der Waals surface area contributed by atoms with E-state index in [9.17, 15) is 4.39 Å². The number of anilines is 1. The van der Waals surface area contributed by atoms with Gasteiger partial charge in [-0.2, -0.15) is 0 Å². The molecule has 88 valence electrons. The molecule has 2 nitrogen and oxygen atoms in total. The van der Waals surface area contributed by atoms with Crippen LogP contribution in [0.25, 0.3) is 0 Å². The van der Waals surface area contributed by atoms with Crippen molar-refractivity contribution in [3.05, 3.63) is 30.1 Å². The fourth-order valence-electron chi connectivity index (χ4n) is 2.29. The van der Waals surface area contributed by atoms with Crippen LogP contribution in [0.2, 0.25) is 0 Å². The first-order chi connectivity index (χ1) is 7.79. The van der Waals surface area contributed by atoms with Crippen molar-refractivity contribution < 1.29 is 9.13 Å². The molecule has 0 radical (unpaired) electrons. The van der Waals surface area contributed by atoms with Gasteiger partial charge in [0.15, 0.2) is 0 Å². The molecule has 0 saturated heterocycles. The lowest BCUT2D eigenvalue weighted by Crippen LogP contribution is -2.31. The van der Waals surface area contributed by atoms with E-state index in [2.05, 4.69) is 5.32 Å². The third kappa shape index (κ3) is 2.73. The van der Waals surface area contributed by atoms with Crippen molar-refractivity contribution in [1.82, 2.24) is 0 Å². The summed E-state index contributed by atoms with van der Waals surface area (Å²) in [5.41, 5.74) is 0.601. The molecule has 1 N–H and O–H groups in total. The van der Waals surface area contributed by atoms with Crippen molar-refractivity contribution in [1.29, 1.82) is 0 Å². The molecular weight excluding hydrogens is 205 g/mol. The summed E-state index contributed by atoms with van der Waals surface area (Å²) < 4.78 is 18.8. The van der Waals surface area contributed by atoms with Crippen LogP contribution < -0.4 is 5.32 Å². The number of halogens is 1. The number of benzene rings is 1. The van der Waals surface area contributed by atoms with Crippen LogP contribution in [0.3, 0.4) is 0 Å². The quantitative estimate of drug-likeness (QED) is 0.849. The summed E-state index contributed by atoms with van der Waals surface area (Å²) in [5, 5.41) is 3.26. The minimum Gasteiger partial charge on any atom is -0.381 e. The molecule has 0 spiro atoms. The lowest BCUT2D eigenvalue weighted by atomic mass is 9.92. The van der Waals surface area contributed by atoms with Crippen molar-refractivity contribution in [2.24, 2.45) is 0 Å². The number of rotatable bonds is 3. The van der Waals surface area contributed by atoms with Gasteiger partial charge in [0, 0.05) is 13.2 Å². The molecular formula is C13H18FNO. The van der Waals surface area contributed by atoms with Gasteiger partial charge in [0.2, 0.25) is 0 Å². The van der Waals surface area contributed by atoms with Crippen molar-refractivity contribution >= 4 is 5.69 Å². The number of hydrogen-bond donors (Lipinski definition) is 1. The Kier molecular flexibility index (Phi) is 3.78. The van der Waals surface area contributed by atoms with Gasteiger partial charge in [-0.25, -0.2) is 4.39 Å². The van der Waals surface area contributed by atoms with Crippen LogP contribution in [-0.2, 0) is 4.74 Å². The normalized spacial score (nSPS) is 25.4. The largest absolute Gasteiger partial charge is 0.381 e. The Morgan fingerprint density at radius 1 is 1.31 bits per heavy atom. The highest BCUT2D eigenvalue weighted by atomic mass is 19.1. The molecule has 1 aromatic rings. The van der Waals surface area contributed by atoms with E-state index < -0.39 is 0 Å². The average molecular weight is 223 g/mol. The second-order valence-corrected chi connectivity index (χ2v) is 4.35. The molecule has 1 aliphatic carbocycles. The average Bonchev–Trinajstić information content (AvgIpc) is 2.32. The predicted octanol–water partition coefficient (Wildman–Crippen LogP) is 3.20. The summed E-state index contributed by atoms with van der Waals surface area (Å²) in [6, 6.07) is 7.15. The Morgan fingerprint density at radius 3 is 2.88 bits per heavy atom. The molecule has 2 atom stereocenters. The van der Waals surface area contributed by atoms with E-state index in [1.54, 1.807) is 19.2 Å². The Bertz CT molecular complexity index is 342. The number of methoxy groups -OCH3 is 1. The Hall–Kier alpha value is -1.09. The van der Waals surface area contributed by atoms with Gasteiger partial charge in [0.25, 0.3) is 0 Å². The summed E-state index contributed by atoms with van der Waals surface area (Å²) in [6.45, 7) is 0. The van der Waals surface area contributed by atoms with E-state index in [4.69, 9.17) is 4.74 Å². The summed E-state index contributed by atoms with van der Waals surface area (Å²) in [4.78, 5) is 0. The van der Waals surface area contributed by atoms with Crippen molar-refractivity contribution in [2.45, 2.75) is 37.8 Å². The van der Waals surface area contributed by atoms with E-state index in [0.29, 0.717) is 17.8 Å². The first-order valence-corrected chi connectivity index (χ1v) is 5.83. The van der Waals surface area contributed by atoms with Crippen LogP contribution in [-0.4, -0.2) is 19.3 Å². The molecule has 1 aromatic carbocycles. The van der Waals surface area contributed by atoms with Gasteiger partial charge < -0.3 is 10.1 Å². The minimum absolute atomic E-state index is 0.179. The number of hydrogen-bond acceptors (Lipinski definition) is 2. The fourth-order valence-corrected chi connectivity index (χ4v) is 2.29. The summed E-state index contributed by atoms with van der Waals surface area (Å²) in [6.07, 6.45) is 4.63. The fraction of sp³-hybridized carbons (Fsp3) is 0.538. The van der Waals surface area contributed by atoms with Crippen LogP contribution in [0.1, 0.15) is 25.7 Å². The van der Waals surface area contributed by atoms with Crippen LogP contribution >= 0.6 is 0 Å². The lowest BCUT2D eigenvalue weighted by Gasteiger charge is -2.29. The maximum absolute atomic E-state index is 13.4. The van der Waals surface area contributed by atoms with Gasteiger partial charge in [0.1, 0.15) is 5.82 Å². The van der Waals surface area contributed by atoms with E-state index in [-0.39, 0.29) is 5.82 Å². The number of ether oxygens (including phenoxy) is 1. The summed E-state index contributed by atoms with van der Waals surface area (Å²) in [5.74, 6) is -0.179. The molecule has 0 aliphatic heterocycles. The molecule has 2 rings (SSSR count). The van der Waals surface area contributed by atoms with Crippen LogP contribution in [0.4, 0.5) is 10.1 Å². The van der Waals surface area contributed by atoms with Gasteiger partial charge in [-0.05, 0) is 37.8 Å². The van der Waals surface area contributed by atoms with Gasteiger partial charge in [-0.1, -0.05) is 12.1 Å². The molecule has 0 amide bonds. The Labute approximate surface area is 95.8 Å². The Balaban J connectivity index is 1.97. The van der Waals surface area contributed by atoms with Gasteiger partial charge >= 0.3 is 0 Å². The topological polar surface area (TPSA) is 21.3 Å². The minimum atomic E-state index is -0.179. The molecule has 3 heteroatoms. The predicted molar refractivity (Wildman–Crippen MR) is 63.1 cm³/mol. The number of para-hydroxylation sites is 1.